The summed E-state index contributed by atoms with van der Waals surface area (Å²) < 4.78 is 0. The van der Waals surface area contributed by atoms with Gasteiger partial charge < -0.3 is 5.32 Å². The average molecular weight is 281 g/mol. The second kappa shape index (κ2) is 5.39. The fraction of sp³-hybridized carbons (Fsp3) is 0.222. The van der Waals surface area contributed by atoms with Crippen LogP contribution >= 0.6 is 11.3 Å². The van der Waals surface area contributed by atoms with Gasteiger partial charge in [-0.25, -0.2) is 0 Å². The molecule has 0 radical (unpaired) electrons. The first-order valence-electron chi connectivity index (χ1n) is 6.92. The molecule has 1 nitrogen and oxygen atoms in total. The van der Waals surface area contributed by atoms with Gasteiger partial charge in [0.15, 0.2) is 0 Å². The molecule has 3 rings (SSSR count). The van der Waals surface area contributed by atoms with Crippen molar-refractivity contribution >= 4 is 22.1 Å². The quantitative estimate of drug-likeness (QED) is 0.725. The highest BCUT2D eigenvalue weighted by Crippen LogP contribution is 2.33. The van der Waals surface area contributed by atoms with Crippen molar-refractivity contribution < 1.29 is 0 Å². The SMILES string of the molecule is CNC(c1ccc(C)s1)c1ccc(C)c2ccccc12. The first-order chi connectivity index (χ1) is 9.70. The second-order valence-corrected chi connectivity index (χ2v) is 6.51. The second-order valence-electron chi connectivity index (χ2n) is 5.19. The Balaban J connectivity index is 2.20. The van der Waals surface area contributed by atoms with E-state index in [2.05, 4.69) is 67.7 Å². The first-order valence-corrected chi connectivity index (χ1v) is 7.74. The van der Waals surface area contributed by atoms with E-state index in [4.69, 9.17) is 0 Å². The molecule has 0 aliphatic rings. The minimum atomic E-state index is 0.263. The van der Waals surface area contributed by atoms with Crippen molar-refractivity contribution in [3.8, 4) is 0 Å². The summed E-state index contributed by atoms with van der Waals surface area (Å²) in [5, 5.41) is 6.16. The third-order valence-corrected chi connectivity index (χ3v) is 4.89. The van der Waals surface area contributed by atoms with Crippen LogP contribution in [-0.2, 0) is 0 Å². The van der Waals surface area contributed by atoms with E-state index in [0.717, 1.165) is 0 Å². The zero-order chi connectivity index (χ0) is 14.1. The van der Waals surface area contributed by atoms with Crippen LogP contribution in [0.15, 0.2) is 48.5 Å². The molecule has 0 saturated heterocycles. The van der Waals surface area contributed by atoms with Gasteiger partial charge in [0.05, 0.1) is 6.04 Å². The van der Waals surface area contributed by atoms with Crippen LogP contribution < -0.4 is 5.32 Å². The highest BCUT2D eigenvalue weighted by molar-refractivity contribution is 7.12. The topological polar surface area (TPSA) is 12.0 Å². The number of nitrogens with one attached hydrogen (secondary N) is 1. The fourth-order valence-electron chi connectivity index (χ4n) is 2.78. The summed E-state index contributed by atoms with van der Waals surface area (Å²) in [6.07, 6.45) is 0. The van der Waals surface area contributed by atoms with Gasteiger partial charge in [0.1, 0.15) is 0 Å². The van der Waals surface area contributed by atoms with Crippen molar-refractivity contribution in [3.63, 3.8) is 0 Å². The van der Waals surface area contributed by atoms with Crippen LogP contribution in [0.25, 0.3) is 10.8 Å². The maximum Gasteiger partial charge on any atom is 0.0674 e. The molecule has 1 unspecified atom stereocenters. The largest absolute Gasteiger partial charge is 0.309 e. The molecule has 0 fully saturated rings. The lowest BCUT2D eigenvalue weighted by atomic mass is 9.95. The van der Waals surface area contributed by atoms with Gasteiger partial charge in [-0.2, -0.15) is 0 Å². The first kappa shape index (κ1) is 13.3. The number of aryl methyl sites for hydroxylation is 2. The van der Waals surface area contributed by atoms with E-state index >= 15 is 0 Å². The third kappa shape index (κ3) is 2.26. The average Bonchev–Trinajstić information content (AvgIpc) is 2.89. The van der Waals surface area contributed by atoms with E-state index in [1.165, 1.54) is 31.7 Å². The Labute approximate surface area is 124 Å². The lowest BCUT2D eigenvalue weighted by molar-refractivity contribution is 0.709. The molecule has 0 amide bonds. The summed E-state index contributed by atoms with van der Waals surface area (Å²) in [6.45, 7) is 4.34. The Morgan fingerprint density at radius 2 is 1.65 bits per heavy atom. The molecule has 0 aliphatic heterocycles. The van der Waals surface area contributed by atoms with Crippen LogP contribution in [0.1, 0.15) is 26.9 Å². The van der Waals surface area contributed by atoms with Crippen LogP contribution in [-0.4, -0.2) is 7.05 Å². The lowest BCUT2D eigenvalue weighted by Crippen LogP contribution is -2.16. The van der Waals surface area contributed by atoms with Gasteiger partial charge in [0, 0.05) is 9.75 Å². The number of benzene rings is 2. The minimum Gasteiger partial charge on any atom is -0.309 e. The molecule has 2 aromatic carbocycles. The van der Waals surface area contributed by atoms with Gasteiger partial charge in [0.25, 0.3) is 0 Å². The summed E-state index contributed by atoms with van der Waals surface area (Å²) in [5.74, 6) is 0. The highest BCUT2D eigenvalue weighted by atomic mass is 32.1. The van der Waals surface area contributed by atoms with E-state index in [-0.39, 0.29) is 6.04 Å². The molecule has 0 bridgehead atoms. The summed E-state index contributed by atoms with van der Waals surface area (Å²) in [5.41, 5.74) is 2.69. The highest BCUT2D eigenvalue weighted by Gasteiger charge is 2.16. The number of thiophene rings is 1. The van der Waals surface area contributed by atoms with E-state index in [9.17, 15) is 0 Å². The molecule has 20 heavy (non-hydrogen) atoms. The molecule has 0 aliphatic carbocycles. The van der Waals surface area contributed by atoms with E-state index < -0.39 is 0 Å². The summed E-state index contributed by atoms with van der Waals surface area (Å²) >= 11 is 1.87. The van der Waals surface area contributed by atoms with Crippen LogP contribution in [0.4, 0.5) is 0 Å². The summed E-state index contributed by atoms with van der Waals surface area (Å²) in [7, 11) is 2.04. The van der Waals surface area contributed by atoms with Gasteiger partial charge in [-0.05, 0) is 54.9 Å². The molecule has 1 N–H and O–H groups in total. The Kier molecular flexibility index (Phi) is 3.60. The summed E-state index contributed by atoms with van der Waals surface area (Å²) in [6, 6.07) is 17.8. The molecule has 1 atom stereocenters. The molecule has 1 aromatic heterocycles. The van der Waals surface area contributed by atoms with Crippen LogP contribution in [0.5, 0.6) is 0 Å². The molecule has 2 heteroatoms. The maximum atomic E-state index is 3.47. The van der Waals surface area contributed by atoms with Crippen molar-refractivity contribution in [2.45, 2.75) is 19.9 Å². The van der Waals surface area contributed by atoms with Crippen LogP contribution in [0, 0.1) is 13.8 Å². The standard InChI is InChI=1S/C18H19NS/c1-12-8-10-16(15-7-5-4-6-14(12)15)18(19-3)17-11-9-13(2)20-17/h4-11,18-19H,1-3H3. The summed E-state index contributed by atoms with van der Waals surface area (Å²) in [4.78, 5) is 2.73. The van der Waals surface area contributed by atoms with Crippen molar-refractivity contribution in [1.29, 1.82) is 0 Å². The number of hydrogen-bond acceptors (Lipinski definition) is 2. The number of rotatable bonds is 3. The smallest absolute Gasteiger partial charge is 0.0674 e. The van der Waals surface area contributed by atoms with E-state index in [0.29, 0.717) is 0 Å². The van der Waals surface area contributed by atoms with Gasteiger partial charge in [-0.3, -0.25) is 0 Å². The van der Waals surface area contributed by atoms with Crippen molar-refractivity contribution in [2.75, 3.05) is 7.05 Å². The third-order valence-electron chi connectivity index (χ3n) is 3.82. The normalized spacial score (nSPS) is 12.8. The van der Waals surface area contributed by atoms with Gasteiger partial charge in [0.2, 0.25) is 0 Å². The minimum absolute atomic E-state index is 0.263. The van der Waals surface area contributed by atoms with E-state index in [1.807, 2.05) is 18.4 Å². The predicted molar refractivity (Wildman–Crippen MR) is 88.6 cm³/mol. The number of fused-ring (bicyclic) bond motifs is 1. The molecule has 1 heterocycles. The van der Waals surface area contributed by atoms with Crippen LogP contribution in [0.3, 0.4) is 0 Å². The Morgan fingerprint density at radius 3 is 2.30 bits per heavy atom. The molecule has 0 spiro atoms. The number of hydrogen-bond donors (Lipinski definition) is 1. The molecule has 102 valence electrons. The van der Waals surface area contributed by atoms with Gasteiger partial charge in [-0.1, -0.05) is 36.4 Å². The molecule has 0 saturated carbocycles. The zero-order valence-corrected chi connectivity index (χ0v) is 12.9. The zero-order valence-electron chi connectivity index (χ0n) is 12.1. The Morgan fingerprint density at radius 1 is 0.900 bits per heavy atom. The van der Waals surface area contributed by atoms with Crippen molar-refractivity contribution in [2.24, 2.45) is 0 Å². The predicted octanol–water partition coefficient (Wildman–Crippen LogP) is 4.83. The fourth-order valence-corrected chi connectivity index (χ4v) is 3.79. The Bertz CT molecular complexity index is 742. The van der Waals surface area contributed by atoms with Gasteiger partial charge in [-0.15, -0.1) is 11.3 Å². The lowest BCUT2D eigenvalue weighted by Gasteiger charge is -2.18. The maximum absolute atomic E-state index is 3.47. The van der Waals surface area contributed by atoms with Crippen molar-refractivity contribution in [3.05, 3.63) is 69.4 Å². The monoisotopic (exact) mass is 281 g/mol. The van der Waals surface area contributed by atoms with Crippen molar-refractivity contribution in [1.82, 2.24) is 5.32 Å². The molecular formula is C18H19NS. The van der Waals surface area contributed by atoms with Crippen LogP contribution in [0.2, 0.25) is 0 Å². The van der Waals surface area contributed by atoms with E-state index in [1.54, 1.807) is 0 Å². The molecule has 3 aromatic rings. The Hall–Kier alpha value is -1.64. The molecular weight excluding hydrogens is 262 g/mol. The van der Waals surface area contributed by atoms with Gasteiger partial charge >= 0.3 is 0 Å².